The van der Waals surface area contributed by atoms with Crippen LogP contribution in [0.2, 0.25) is 0 Å². The van der Waals surface area contributed by atoms with E-state index in [1.54, 1.807) is 24.3 Å². The summed E-state index contributed by atoms with van der Waals surface area (Å²) in [5.41, 5.74) is 0.432. The molecule has 3 heteroatoms. The number of para-hydroxylation sites is 1. The summed E-state index contributed by atoms with van der Waals surface area (Å²) in [5, 5.41) is 12.9. The van der Waals surface area contributed by atoms with Gasteiger partial charge in [-0.2, -0.15) is 0 Å². The van der Waals surface area contributed by atoms with Crippen molar-refractivity contribution in [2.45, 2.75) is 31.7 Å². The molecule has 0 bridgehead atoms. The highest BCUT2D eigenvalue weighted by atomic mass is 16.3. The quantitative estimate of drug-likeness (QED) is 0.749. The standard InChI is InChI=1S/C13H17NO2/c15-12-8-4-3-6-10(12)13(16)11-7-2-1-5-9-14-11/h3-4,6,8,11,14-15H,1-2,5,7,9H2. The molecule has 3 nitrogen and oxygen atoms in total. The number of hydrogen-bond acceptors (Lipinski definition) is 3. The summed E-state index contributed by atoms with van der Waals surface area (Å²) >= 11 is 0. The van der Waals surface area contributed by atoms with E-state index < -0.39 is 0 Å². The van der Waals surface area contributed by atoms with Gasteiger partial charge in [-0.05, 0) is 31.5 Å². The van der Waals surface area contributed by atoms with E-state index in [2.05, 4.69) is 5.32 Å². The maximum absolute atomic E-state index is 12.2. The fourth-order valence-corrected chi connectivity index (χ4v) is 2.12. The molecule has 0 spiro atoms. The van der Waals surface area contributed by atoms with Crippen LogP contribution in [-0.4, -0.2) is 23.5 Å². The Labute approximate surface area is 95.5 Å². The van der Waals surface area contributed by atoms with E-state index in [4.69, 9.17) is 0 Å². The molecule has 0 amide bonds. The third kappa shape index (κ3) is 2.42. The van der Waals surface area contributed by atoms with Gasteiger partial charge in [0.15, 0.2) is 5.78 Å². The molecule has 0 radical (unpaired) electrons. The van der Waals surface area contributed by atoms with Gasteiger partial charge in [-0.3, -0.25) is 4.79 Å². The van der Waals surface area contributed by atoms with Crippen LogP contribution in [0.15, 0.2) is 24.3 Å². The third-order valence-electron chi connectivity index (χ3n) is 3.05. The van der Waals surface area contributed by atoms with Gasteiger partial charge >= 0.3 is 0 Å². The van der Waals surface area contributed by atoms with Crippen LogP contribution in [0.1, 0.15) is 36.0 Å². The van der Waals surface area contributed by atoms with Gasteiger partial charge in [0.25, 0.3) is 0 Å². The minimum absolute atomic E-state index is 0.0139. The summed E-state index contributed by atoms with van der Waals surface area (Å²) in [6, 6.07) is 6.63. The van der Waals surface area contributed by atoms with Crippen molar-refractivity contribution in [2.75, 3.05) is 6.54 Å². The van der Waals surface area contributed by atoms with Crippen LogP contribution < -0.4 is 5.32 Å². The lowest BCUT2D eigenvalue weighted by atomic mass is 10.00. The molecule has 16 heavy (non-hydrogen) atoms. The van der Waals surface area contributed by atoms with Crippen molar-refractivity contribution in [2.24, 2.45) is 0 Å². The zero-order valence-electron chi connectivity index (χ0n) is 9.28. The SMILES string of the molecule is O=C(c1ccccc1O)C1CCCCCN1. The first-order valence-corrected chi connectivity index (χ1v) is 5.84. The van der Waals surface area contributed by atoms with E-state index in [-0.39, 0.29) is 17.6 Å². The Bertz CT molecular complexity index is 368. The van der Waals surface area contributed by atoms with Crippen LogP contribution in [0.25, 0.3) is 0 Å². The molecular formula is C13H17NO2. The number of phenolic OH excluding ortho intramolecular Hbond substituents is 1. The van der Waals surface area contributed by atoms with Crippen molar-refractivity contribution < 1.29 is 9.90 Å². The van der Waals surface area contributed by atoms with Crippen LogP contribution in [0.4, 0.5) is 0 Å². The van der Waals surface area contributed by atoms with Gasteiger partial charge in [-0.15, -0.1) is 0 Å². The topological polar surface area (TPSA) is 49.3 Å². The smallest absolute Gasteiger partial charge is 0.183 e. The lowest BCUT2D eigenvalue weighted by Crippen LogP contribution is -2.36. The molecule has 1 aromatic carbocycles. The predicted molar refractivity (Wildman–Crippen MR) is 62.7 cm³/mol. The Morgan fingerprint density at radius 2 is 2.06 bits per heavy atom. The average molecular weight is 219 g/mol. The number of rotatable bonds is 2. The van der Waals surface area contributed by atoms with Crippen molar-refractivity contribution in [1.82, 2.24) is 5.32 Å². The van der Waals surface area contributed by atoms with E-state index >= 15 is 0 Å². The van der Waals surface area contributed by atoms with Gasteiger partial charge in [0.2, 0.25) is 0 Å². The third-order valence-corrected chi connectivity index (χ3v) is 3.05. The summed E-state index contributed by atoms with van der Waals surface area (Å²) < 4.78 is 0. The number of phenols is 1. The van der Waals surface area contributed by atoms with Crippen molar-refractivity contribution in [1.29, 1.82) is 0 Å². The van der Waals surface area contributed by atoms with E-state index in [1.807, 2.05) is 0 Å². The lowest BCUT2D eigenvalue weighted by molar-refractivity contribution is 0.0938. The van der Waals surface area contributed by atoms with Crippen LogP contribution in [-0.2, 0) is 0 Å². The van der Waals surface area contributed by atoms with Gasteiger partial charge in [-0.1, -0.05) is 25.0 Å². The number of carbonyl (C=O) groups is 1. The fraction of sp³-hybridized carbons (Fsp3) is 0.462. The Morgan fingerprint density at radius 1 is 1.25 bits per heavy atom. The van der Waals surface area contributed by atoms with Gasteiger partial charge < -0.3 is 10.4 Å². The minimum atomic E-state index is -0.129. The molecule has 1 aliphatic heterocycles. The molecule has 1 fully saturated rings. The zero-order valence-corrected chi connectivity index (χ0v) is 9.28. The van der Waals surface area contributed by atoms with Gasteiger partial charge in [0.05, 0.1) is 11.6 Å². The maximum atomic E-state index is 12.2. The molecule has 1 heterocycles. The first kappa shape index (κ1) is 11.1. The van der Waals surface area contributed by atoms with Crippen molar-refractivity contribution in [3.8, 4) is 5.75 Å². The van der Waals surface area contributed by atoms with Crippen LogP contribution in [0, 0.1) is 0 Å². The minimum Gasteiger partial charge on any atom is -0.507 e. The summed E-state index contributed by atoms with van der Waals surface area (Å²) in [7, 11) is 0. The highest BCUT2D eigenvalue weighted by Gasteiger charge is 2.22. The molecule has 0 saturated carbocycles. The van der Waals surface area contributed by atoms with Crippen molar-refractivity contribution >= 4 is 5.78 Å². The Hall–Kier alpha value is -1.35. The van der Waals surface area contributed by atoms with Gasteiger partial charge in [-0.25, -0.2) is 0 Å². The van der Waals surface area contributed by atoms with E-state index in [9.17, 15) is 9.90 Å². The Balaban J connectivity index is 2.14. The highest BCUT2D eigenvalue weighted by molar-refractivity contribution is 6.02. The number of Topliss-reactive ketones (excluding diaryl/α,β-unsaturated/α-hetero) is 1. The van der Waals surface area contributed by atoms with E-state index in [0.717, 1.165) is 25.8 Å². The largest absolute Gasteiger partial charge is 0.507 e. The molecular weight excluding hydrogens is 202 g/mol. The molecule has 1 aliphatic rings. The molecule has 0 aliphatic carbocycles. The first-order chi connectivity index (χ1) is 7.79. The predicted octanol–water partition coefficient (Wildman–Crippen LogP) is 2.11. The van der Waals surface area contributed by atoms with Crippen LogP contribution >= 0.6 is 0 Å². The number of benzene rings is 1. The van der Waals surface area contributed by atoms with Crippen LogP contribution in [0.3, 0.4) is 0 Å². The fourth-order valence-electron chi connectivity index (χ4n) is 2.12. The van der Waals surface area contributed by atoms with Crippen molar-refractivity contribution in [3.63, 3.8) is 0 Å². The molecule has 2 N–H and O–H groups in total. The number of ketones is 1. The van der Waals surface area contributed by atoms with E-state index in [1.165, 1.54) is 6.42 Å². The Kier molecular flexibility index (Phi) is 3.57. The number of carbonyl (C=O) groups excluding carboxylic acids is 1. The van der Waals surface area contributed by atoms with Gasteiger partial charge in [0, 0.05) is 0 Å². The second-order valence-corrected chi connectivity index (χ2v) is 4.24. The summed E-state index contributed by atoms with van der Waals surface area (Å²) in [6.45, 7) is 0.893. The number of nitrogens with one attached hydrogen (secondary N) is 1. The normalized spacial score (nSPS) is 21.4. The molecule has 2 rings (SSSR count). The monoisotopic (exact) mass is 219 g/mol. The van der Waals surface area contributed by atoms with Gasteiger partial charge in [0.1, 0.15) is 5.75 Å². The van der Waals surface area contributed by atoms with Crippen molar-refractivity contribution in [3.05, 3.63) is 29.8 Å². The number of aromatic hydroxyl groups is 1. The second kappa shape index (κ2) is 5.12. The average Bonchev–Trinajstić information content (AvgIpc) is 2.57. The zero-order chi connectivity index (χ0) is 11.4. The van der Waals surface area contributed by atoms with Crippen LogP contribution in [0.5, 0.6) is 5.75 Å². The molecule has 1 atom stereocenters. The summed E-state index contributed by atoms with van der Waals surface area (Å²) in [6.07, 6.45) is 4.26. The molecule has 1 saturated heterocycles. The summed E-state index contributed by atoms with van der Waals surface area (Å²) in [4.78, 5) is 12.2. The second-order valence-electron chi connectivity index (χ2n) is 4.24. The molecule has 86 valence electrons. The summed E-state index contributed by atoms with van der Waals surface area (Å²) in [5.74, 6) is 0.0959. The molecule has 0 aromatic heterocycles. The van der Waals surface area contributed by atoms with E-state index in [0.29, 0.717) is 5.56 Å². The first-order valence-electron chi connectivity index (χ1n) is 5.84. The molecule has 1 unspecified atom stereocenters. The molecule has 1 aromatic rings. The number of hydrogen-bond donors (Lipinski definition) is 2. The Morgan fingerprint density at radius 3 is 2.88 bits per heavy atom. The highest BCUT2D eigenvalue weighted by Crippen LogP contribution is 2.20. The maximum Gasteiger partial charge on any atom is 0.183 e. The lowest BCUT2D eigenvalue weighted by Gasteiger charge is -2.14.